The van der Waals surface area contributed by atoms with Crippen molar-refractivity contribution in [1.82, 2.24) is 15.5 Å². The molecule has 6 heteroatoms. The van der Waals surface area contributed by atoms with Crippen molar-refractivity contribution in [2.24, 2.45) is 0 Å². The van der Waals surface area contributed by atoms with Gasteiger partial charge >= 0.3 is 6.03 Å². The first kappa shape index (κ1) is 20.8. The van der Waals surface area contributed by atoms with E-state index in [2.05, 4.69) is 34.9 Å². The Morgan fingerprint density at radius 1 is 0.966 bits per heavy atom. The molecule has 0 saturated carbocycles. The van der Waals surface area contributed by atoms with Crippen LogP contribution in [-0.2, 0) is 17.8 Å². The third kappa shape index (κ3) is 6.55. The Hall–Kier alpha value is -2.96. The fourth-order valence-corrected chi connectivity index (χ4v) is 3.82. The average Bonchev–Trinajstić information content (AvgIpc) is 3.22. The zero-order valence-corrected chi connectivity index (χ0v) is 17.2. The van der Waals surface area contributed by atoms with Crippen LogP contribution in [0.1, 0.15) is 10.4 Å². The van der Waals surface area contributed by atoms with Gasteiger partial charge < -0.3 is 5.32 Å². The summed E-state index contributed by atoms with van der Waals surface area (Å²) in [5, 5.41) is 7.12. The molecule has 3 aromatic rings. The summed E-state index contributed by atoms with van der Waals surface area (Å²) in [7, 11) is 1.87. The molecule has 0 aliphatic carbocycles. The molecule has 2 N–H and O–H groups in total. The summed E-state index contributed by atoms with van der Waals surface area (Å²) in [5.41, 5.74) is 3.42. The van der Waals surface area contributed by atoms with Crippen LogP contribution in [0.5, 0.6) is 0 Å². The van der Waals surface area contributed by atoms with E-state index in [0.717, 1.165) is 23.1 Å². The Morgan fingerprint density at radius 2 is 1.72 bits per heavy atom. The van der Waals surface area contributed by atoms with Crippen LogP contribution in [0.4, 0.5) is 4.79 Å². The van der Waals surface area contributed by atoms with Crippen LogP contribution in [0.3, 0.4) is 0 Å². The van der Waals surface area contributed by atoms with Crippen molar-refractivity contribution in [2.45, 2.75) is 13.0 Å². The second kappa shape index (κ2) is 10.5. The van der Waals surface area contributed by atoms with Crippen molar-refractivity contribution in [3.63, 3.8) is 0 Å². The van der Waals surface area contributed by atoms with Crippen molar-refractivity contribution >= 4 is 23.3 Å². The van der Waals surface area contributed by atoms with E-state index < -0.39 is 6.03 Å². The highest BCUT2D eigenvalue weighted by Gasteiger charge is 2.12. The molecule has 0 atom stereocenters. The van der Waals surface area contributed by atoms with Gasteiger partial charge in [-0.3, -0.25) is 15.0 Å². The maximum absolute atomic E-state index is 12.2. The summed E-state index contributed by atoms with van der Waals surface area (Å²) < 4.78 is 0. The van der Waals surface area contributed by atoms with Gasteiger partial charge in [0.2, 0.25) is 5.91 Å². The van der Waals surface area contributed by atoms with Gasteiger partial charge in [-0.15, -0.1) is 11.3 Å². The van der Waals surface area contributed by atoms with Gasteiger partial charge in [-0.2, -0.15) is 0 Å². The number of likely N-dealkylation sites (N-methyl/N-ethyl adjacent to an activating group) is 1. The third-order valence-corrected chi connectivity index (χ3v) is 5.38. The van der Waals surface area contributed by atoms with Gasteiger partial charge in [0, 0.05) is 18.0 Å². The lowest BCUT2D eigenvalue weighted by Gasteiger charge is -2.18. The number of thiophene rings is 1. The molecule has 5 nitrogen and oxygen atoms in total. The Bertz CT molecular complexity index is 926. The predicted molar refractivity (Wildman–Crippen MR) is 118 cm³/mol. The Labute approximate surface area is 175 Å². The van der Waals surface area contributed by atoms with E-state index in [1.807, 2.05) is 59.8 Å². The largest absolute Gasteiger partial charge is 0.337 e. The van der Waals surface area contributed by atoms with E-state index >= 15 is 0 Å². The maximum Gasteiger partial charge on any atom is 0.321 e. The third-order valence-electron chi connectivity index (χ3n) is 4.45. The highest BCUT2D eigenvalue weighted by atomic mass is 32.1. The van der Waals surface area contributed by atoms with E-state index in [-0.39, 0.29) is 12.5 Å². The number of rotatable bonds is 8. The van der Waals surface area contributed by atoms with Gasteiger partial charge in [-0.25, -0.2) is 4.79 Å². The predicted octanol–water partition coefficient (Wildman–Crippen LogP) is 3.92. The van der Waals surface area contributed by atoms with E-state index in [0.29, 0.717) is 13.1 Å². The Balaban J connectivity index is 1.47. The minimum atomic E-state index is -0.454. The summed E-state index contributed by atoms with van der Waals surface area (Å²) >= 11 is 1.65. The normalized spacial score (nSPS) is 10.7. The van der Waals surface area contributed by atoms with Crippen LogP contribution in [0.15, 0.2) is 72.1 Å². The molecular weight excluding hydrogens is 382 g/mol. The molecular formula is C23H25N3O2S. The Morgan fingerprint density at radius 3 is 2.48 bits per heavy atom. The molecule has 0 radical (unpaired) electrons. The number of carbonyl (C=O) groups excluding carboxylic acids is 2. The number of nitrogens with zero attached hydrogens (tertiary/aromatic N) is 1. The van der Waals surface area contributed by atoms with Gasteiger partial charge in [-0.1, -0.05) is 60.7 Å². The number of benzene rings is 2. The molecule has 3 amide bonds. The molecule has 1 heterocycles. The highest BCUT2D eigenvalue weighted by molar-refractivity contribution is 7.09. The molecule has 0 unspecified atom stereocenters. The van der Waals surface area contributed by atoms with Crippen LogP contribution >= 0.6 is 11.3 Å². The number of imide groups is 1. The molecule has 0 bridgehead atoms. The van der Waals surface area contributed by atoms with E-state index in [1.54, 1.807) is 11.3 Å². The highest BCUT2D eigenvalue weighted by Crippen LogP contribution is 2.24. The summed E-state index contributed by atoms with van der Waals surface area (Å²) in [4.78, 5) is 27.2. The number of amides is 3. The minimum Gasteiger partial charge on any atom is -0.337 e. The van der Waals surface area contributed by atoms with Gasteiger partial charge in [-0.05, 0) is 41.6 Å². The molecule has 0 fully saturated rings. The maximum atomic E-state index is 12.2. The molecule has 0 spiro atoms. The van der Waals surface area contributed by atoms with Crippen molar-refractivity contribution < 1.29 is 9.59 Å². The summed E-state index contributed by atoms with van der Waals surface area (Å²) in [6, 6.07) is 21.9. The van der Waals surface area contributed by atoms with E-state index in [9.17, 15) is 9.59 Å². The van der Waals surface area contributed by atoms with Gasteiger partial charge in [0.05, 0.1) is 6.54 Å². The standard InChI is InChI=1S/C23H25N3O2S/c1-26(16-19-10-5-6-12-21(19)18-8-3-2-4-9-18)17-22(27)25-23(28)24-14-13-20-11-7-15-29-20/h2-12,15H,13-14,16-17H2,1H3,(H2,24,25,27,28). The monoisotopic (exact) mass is 407 g/mol. The SMILES string of the molecule is CN(CC(=O)NC(=O)NCCc1cccs1)Cc1ccccc1-c1ccccc1. The number of hydrogen-bond acceptors (Lipinski definition) is 4. The average molecular weight is 408 g/mol. The fraction of sp³-hybridized carbons (Fsp3) is 0.217. The molecule has 29 heavy (non-hydrogen) atoms. The van der Waals surface area contributed by atoms with Crippen molar-refractivity contribution in [3.05, 3.63) is 82.6 Å². The zero-order valence-electron chi connectivity index (χ0n) is 16.4. The lowest BCUT2D eigenvalue weighted by Crippen LogP contribution is -2.44. The second-order valence-electron chi connectivity index (χ2n) is 6.83. The van der Waals surface area contributed by atoms with Crippen LogP contribution < -0.4 is 10.6 Å². The lowest BCUT2D eigenvalue weighted by molar-refractivity contribution is -0.120. The summed E-state index contributed by atoms with van der Waals surface area (Å²) in [6.07, 6.45) is 0.759. The van der Waals surface area contributed by atoms with Crippen molar-refractivity contribution in [3.8, 4) is 11.1 Å². The summed E-state index contributed by atoms with van der Waals surface area (Å²) in [5.74, 6) is -0.321. The molecule has 2 aromatic carbocycles. The molecule has 1 aromatic heterocycles. The molecule has 0 aliphatic rings. The first-order valence-electron chi connectivity index (χ1n) is 9.54. The number of hydrogen-bond donors (Lipinski definition) is 2. The van der Waals surface area contributed by atoms with Crippen LogP contribution in [0, 0.1) is 0 Å². The fourth-order valence-electron chi connectivity index (χ4n) is 3.11. The van der Waals surface area contributed by atoms with Gasteiger partial charge in [0.25, 0.3) is 0 Å². The van der Waals surface area contributed by atoms with Crippen LogP contribution in [0.25, 0.3) is 11.1 Å². The molecule has 0 aliphatic heterocycles. The lowest BCUT2D eigenvalue weighted by atomic mass is 9.99. The quantitative estimate of drug-likeness (QED) is 0.595. The number of nitrogens with one attached hydrogen (secondary N) is 2. The van der Waals surface area contributed by atoms with Gasteiger partial charge in [0.15, 0.2) is 0 Å². The smallest absolute Gasteiger partial charge is 0.321 e. The second-order valence-corrected chi connectivity index (χ2v) is 7.86. The topological polar surface area (TPSA) is 61.4 Å². The molecule has 150 valence electrons. The molecule has 3 rings (SSSR count). The van der Waals surface area contributed by atoms with Gasteiger partial charge in [0.1, 0.15) is 0 Å². The van der Waals surface area contributed by atoms with E-state index in [1.165, 1.54) is 4.88 Å². The van der Waals surface area contributed by atoms with Crippen molar-refractivity contribution in [1.29, 1.82) is 0 Å². The first-order chi connectivity index (χ1) is 14.1. The summed E-state index contributed by atoms with van der Waals surface area (Å²) in [6.45, 7) is 1.25. The number of urea groups is 1. The van der Waals surface area contributed by atoms with Crippen molar-refractivity contribution in [2.75, 3.05) is 20.1 Å². The molecule has 0 saturated heterocycles. The zero-order chi connectivity index (χ0) is 20.5. The van der Waals surface area contributed by atoms with E-state index in [4.69, 9.17) is 0 Å². The first-order valence-corrected chi connectivity index (χ1v) is 10.4. The van der Waals surface area contributed by atoms with Crippen LogP contribution in [-0.4, -0.2) is 37.0 Å². The Kier molecular flexibility index (Phi) is 7.55. The van der Waals surface area contributed by atoms with Crippen LogP contribution in [0.2, 0.25) is 0 Å². The minimum absolute atomic E-state index is 0.140. The number of carbonyl (C=O) groups is 2.